The number of carbonyl (C=O) groups is 1. The number of anilines is 1. The number of piperazine rings is 1. The first-order chi connectivity index (χ1) is 13.5. The van der Waals surface area contributed by atoms with Crippen LogP contribution in [0.1, 0.15) is 5.56 Å². The molecule has 6 nitrogen and oxygen atoms in total. The third-order valence-corrected chi connectivity index (χ3v) is 4.82. The van der Waals surface area contributed by atoms with E-state index in [1.165, 1.54) is 0 Å². The standard InChI is InChI=1S/C20H21F2N3O3/c21-15-8-16(22)10-17(9-15)23-20(26)12-25-5-3-24(4-6-25)11-14-1-2-18-19(7-14)28-13-27-18/h1-2,7-10H,3-6,11-13H2,(H,23,26). The van der Waals surface area contributed by atoms with Crippen LogP contribution in [0.25, 0.3) is 0 Å². The van der Waals surface area contributed by atoms with E-state index in [0.29, 0.717) is 0 Å². The first-order valence-corrected chi connectivity index (χ1v) is 9.14. The number of nitrogens with one attached hydrogen (secondary N) is 1. The highest BCUT2D eigenvalue weighted by molar-refractivity contribution is 5.92. The maximum absolute atomic E-state index is 13.2. The SMILES string of the molecule is O=C(CN1CCN(Cc2ccc3c(c2)OCO3)CC1)Nc1cc(F)cc(F)c1. The van der Waals surface area contributed by atoms with Gasteiger partial charge in [0, 0.05) is 44.5 Å². The molecule has 0 saturated carbocycles. The zero-order valence-electron chi connectivity index (χ0n) is 15.3. The summed E-state index contributed by atoms with van der Waals surface area (Å²) in [5, 5.41) is 2.55. The number of rotatable bonds is 5. The van der Waals surface area contributed by atoms with Crippen molar-refractivity contribution in [3.63, 3.8) is 0 Å². The van der Waals surface area contributed by atoms with Gasteiger partial charge < -0.3 is 14.8 Å². The molecule has 0 aliphatic carbocycles. The zero-order chi connectivity index (χ0) is 19.5. The summed E-state index contributed by atoms with van der Waals surface area (Å²) in [6.45, 7) is 4.41. The molecule has 1 fully saturated rings. The summed E-state index contributed by atoms with van der Waals surface area (Å²) in [4.78, 5) is 16.5. The Morgan fingerprint density at radius 2 is 1.61 bits per heavy atom. The number of ether oxygens (including phenoxy) is 2. The fraction of sp³-hybridized carbons (Fsp3) is 0.350. The Kier molecular flexibility index (Phi) is 5.40. The monoisotopic (exact) mass is 389 g/mol. The molecule has 1 N–H and O–H groups in total. The van der Waals surface area contributed by atoms with Gasteiger partial charge >= 0.3 is 0 Å². The Bertz CT molecular complexity index is 850. The Morgan fingerprint density at radius 1 is 0.929 bits per heavy atom. The lowest BCUT2D eigenvalue weighted by Gasteiger charge is -2.34. The van der Waals surface area contributed by atoms with Crippen molar-refractivity contribution in [2.24, 2.45) is 0 Å². The minimum absolute atomic E-state index is 0.129. The fourth-order valence-corrected chi connectivity index (χ4v) is 3.43. The van der Waals surface area contributed by atoms with Crippen molar-refractivity contribution in [3.8, 4) is 11.5 Å². The number of benzene rings is 2. The summed E-state index contributed by atoms with van der Waals surface area (Å²) < 4.78 is 37.2. The second kappa shape index (κ2) is 8.12. The number of amides is 1. The van der Waals surface area contributed by atoms with Crippen LogP contribution >= 0.6 is 0 Å². The van der Waals surface area contributed by atoms with Gasteiger partial charge in [0.05, 0.1) is 6.54 Å². The second-order valence-electron chi connectivity index (χ2n) is 6.95. The lowest BCUT2D eigenvalue weighted by atomic mass is 10.1. The predicted molar refractivity (Wildman–Crippen MR) is 99.3 cm³/mol. The molecule has 2 aromatic carbocycles. The molecular formula is C20H21F2N3O3. The lowest BCUT2D eigenvalue weighted by Crippen LogP contribution is -2.48. The molecule has 2 aromatic rings. The summed E-state index contributed by atoms with van der Waals surface area (Å²) in [6.07, 6.45) is 0. The van der Waals surface area contributed by atoms with E-state index in [9.17, 15) is 13.6 Å². The van der Waals surface area contributed by atoms with E-state index in [1.54, 1.807) is 0 Å². The van der Waals surface area contributed by atoms with E-state index in [0.717, 1.165) is 68.0 Å². The molecular weight excluding hydrogens is 368 g/mol. The molecule has 2 aliphatic heterocycles. The summed E-state index contributed by atoms with van der Waals surface area (Å²) in [7, 11) is 0. The molecule has 2 heterocycles. The Labute approximate surface area is 161 Å². The third-order valence-electron chi connectivity index (χ3n) is 4.82. The van der Waals surface area contributed by atoms with Gasteiger partial charge in [-0.15, -0.1) is 0 Å². The second-order valence-corrected chi connectivity index (χ2v) is 6.95. The minimum Gasteiger partial charge on any atom is -0.454 e. The van der Waals surface area contributed by atoms with Gasteiger partial charge in [-0.25, -0.2) is 8.78 Å². The van der Waals surface area contributed by atoms with E-state index in [2.05, 4.69) is 10.2 Å². The molecule has 0 radical (unpaired) electrons. The van der Waals surface area contributed by atoms with Crippen LogP contribution in [0.2, 0.25) is 0 Å². The van der Waals surface area contributed by atoms with Gasteiger partial charge in [0.1, 0.15) is 11.6 Å². The van der Waals surface area contributed by atoms with Crippen LogP contribution in [-0.4, -0.2) is 55.2 Å². The normalized spacial score (nSPS) is 16.9. The van der Waals surface area contributed by atoms with Crippen LogP contribution in [0.3, 0.4) is 0 Å². The molecule has 0 bridgehead atoms. The Hall–Kier alpha value is -2.71. The largest absolute Gasteiger partial charge is 0.454 e. The van der Waals surface area contributed by atoms with Crippen LogP contribution in [0.5, 0.6) is 11.5 Å². The number of hydrogen-bond donors (Lipinski definition) is 1. The highest BCUT2D eigenvalue weighted by Gasteiger charge is 2.20. The van der Waals surface area contributed by atoms with Crippen molar-refractivity contribution >= 4 is 11.6 Å². The highest BCUT2D eigenvalue weighted by Crippen LogP contribution is 2.32. The maximum Gasteiger partial charge on any atom is 0.238 e. The molecule has 2 aliphatic rings. The molecule has 0 spiro atoms. The van der Waals surface area contributed by atoms with Gasteiger partial charge in [0.25, 0.3) is 0 Å². The molecule has 0 aromatic heterocycles. The molecule has 1 saturated heterocycles. The van der Waals surface area contributed by atoms with Gasteiger partial charge in [0.15, 0.2) is 11.5 Å². The summed E-state index contributed by atoms with van der Waals surface area (Å²) in [5.41, 5.74) is 1.28. The smallest absolute Gasteiger partial charge is 0.238 e. The molecule has 0 atom stereocenters. The fourth-order valence-electron chi connectivity index (χ4n) is 3.43. The van der Waals surface area contributed by atoms with Crippen LogP contribution in [0.4, 0.5) is 14.5 Å². The van der Waals surface area contributed by atoms with Crippen molar-refractivity contribution < 1.29 is 23.0 Å². The van der Waals surface area contributed by atoms with Gasteiger partial charge in [-0.1, -0.05) is 6.07 Å². The first kappa shape index (κ1) is 18.6. The first-order valence-electron chi connectivity index (χ1n) is 9.14. The molecule has 148 valence electrons. The van der Waals surface area contributed by atoms with Crippen molar-refractivity contribution in [3.05, 3.63) is 53.6 Å². The van der Waals surface area contributed by atoms with Crippen molar-refractivity contribution in [1.82, 2.24) is 9.80 Å². The van der Waals surface area contributed by atoms with Crippen molar-refractivity contribution in [1.29, 1.82) is 0 Å². The zero-order valence-corrected chi connectivity index (χ0v) is 15.3. The van der Waals surface area contributed by atoms with E-state index in [1.807, 2.05) is 23.1 Å². The average Bonchev–Trinajstić information content (AvgIpc) is 3.10. The lowest BCUT2D eigenvalue weighted by molar-refractivity contribution is -0.117. The molecule has 28 heavy (non-hydrogen) atoms. The number of fused-ring (bicyclic) bond motifs is 1. The van der Waals surface area contributed by atoms with Gasteiger partial charge in [0.2, 0.25) is 12.7 Å². The molecule has 4 rings (SSSR count). The summed E-state index contributed by atoms with van der Waals surface area (Å²) >= 11 is 0. The molecule has 8 heteroatoms. The van der Waals surface area contributed by atoms with E-state index in [-0.39, 0.29) is 24.9 Å². The Balaban J connectivity index is 1.24. The van der Waals surface area contributed by atoms with Crippen LogP contribution in [0.15, 0.2) is 36.4 Å². The number of nitrogens with zero attached hydrogens (tertiary/aromatic N) is 2. The molecule has 0 unspecified atom stereocenters. The highest BCUT2D eigenvalue weighted by atomic mass is 19.1. The average molecular weight is 389 g/mol. The third kappa shape index (κ3) is 4.58. The summed E-state index contributed by atoms with van der Waals surface area (Å²) in [6, 6.07) is 8.93. The quantitative estimate of drug-likeness (QED) is 0.852. The summed E-state index contributed by atoms with van der Waals surface area (Å²) in [5.74, 6) is -0.159. The minimum atomic E-state index is -0.715. The van der Waals surface area contributed by atoms with E-state index in [4.69, 9.17) is 9.47 Å². The Morgan fingerprint density at radius 3 is 2.36 bits per heavy atom. The topological polar surface area (TPSA) is 54.0 Å². The van der Waals surface area contributed by atoms with Crippen LogP contribution in [-0.2, 0) is 11.3 Å². The number of hydrogen-bond acceptors (Lipinski definition) is 5. The van der Waals surface area contributed by atoms with E-state index >= 15 is 0 Å². The van der Waals surface area contributed by atoms with Crippen molar-refractivity contribution in [2.45, 2.75) is 6.54 Å². The molecule has 1 amide bonds. The maximum atomic E-state index is 13.2. The van der Waals surface area contributed by atoms with Crippen LogP contribution < -0.4 is 14.8 Å². The van der Waals surface area contributed by atoms with Gasteiger partial charge in [-0.3, -0.25) is 14.6 Å². The van der Waals surface area contributed by atoms with Gasteiger partial charge in [-0.05, 0) is 29.8 Å². The van der Waals surface area contributed by atoms with Crippen molar-refractivity contribution in [2.75, 3.05) is 44.8 Å². The van der Waals surface area contributed by atoms with E-state index < -0.39 is 11.6 Å². The van der Waals surface area contributed by atoms with Gasteiger partial charge in [-0.2, -0.15) is 0 Å². The number of carbonyl (C=O) groups excluding carboxylic acids is 1. The number of halogens is 2. The van der Waals surface area contributed by atoms with Crippen LogP contribution in [0, 0.1) is 11.6 Å². The predicted octanol–water partition coefficient (Wildman–Crippen LogP) is 2.45.